The second-order valence-electron chi connectivity index (χ2n) is 5.08. The minimum atomic E-state index is -0.423. The number of nitrogens with one attached hydrogen (secondary N) is 1. The van der Waals surface area contributed by atoms with E-state index in [9.17, 15) is 13.6 Å². The number of nitrogens with zero attached hydrogens (tertiary/aromatic N) is 2. The third-order valence-corrected chi connectivity index (χ3v) is 3.24. The first-order valence-corrected chi connectivity index (χ1v) is 7.24. The molecule has 0 spiro atoms. The fraction of sp³-hybridized carbons (Fsp3) is 0.118. The van der Waals surface area contributed by atoms with E-state index in [1.807, 2.05) is 0 Å². The number of halogens is 2. The zero-order valence-corrected chi connectivity index (χ0v) is 12.5. The Bertz CT molecular complexity index is 847. The van der Waals surface area contributed by atoms with E-state index in [1.54, 1.807) is 18.2 Å². The Morgan fingerprint density at radius 1 is 1.08 bits per heavy atom. The van der Waals surface area contributed by atoms with E-state index in [2.05, 4.69) is 15.5 Å². The molecular formula is C17H13F2N3O2. The minimum absolute atomic E-state index is 0.113. The van der Waals surface area contributed by atoms with Crippen LogP contribution in [0.1, 0.15) is 12.3 Å². The lowest BCUT2D eigenvalue weighted by molar-refractivity contribution is -0.116. The van der Waals surface area contributed by atoms with Gasteiger partial charge < -0.3 is 9.84 Å². The van der Waals surface area contributed by atoms with Gasteiger partial charge in [-0.1, -0.05) is 11.2 Å². The van der Waals surface area contributed by atoms with Crippen molar-refractivity contribution in [3.8, 4) is 11.4 Å². The fourth-order valence-electron chi connectivity index (χ4n) is 2.08. The molecule has 0 unspecified atom stereocenters. The highest BCUT2D eigenvalue weighted by Gasteiger charge is 2.11. The quantitative estimate of drug-likeness (QED) is 0.777. The molecule has 0 fully saturated rings. The number of anilines is 1. The number of amides is 1. The molecular weight excluding hydrogens is 316 g/mol. The van der Waals surface area contributed by atoms with Gasteiger partial charge in [0.1, 0.15) is 11.6 Å². The van der Waals surface area contributed by atoms with E-state index < -0.39 is 5.82 Å². The summed E-state index contributed by atoms with van der Waals surface area (Å²) in [5, 5.41) is 6.39. The molecule has 122 valence electrons. The monoisotopic (exact) mass is 329 g/mol. The summed E-state index contributed by atoms with van der Waals surface area (Å²) in [5.74, 6) is -0.438. The van der Waals surface area contributed by atoms with Gasteiger partial charge in [-0.3, -0.25) is 4.79 Å². The molecule has 0 saturated carbocycles. The van der Waals surface area contributed by atoms with Crippen molar-refractivity contribution in [1.29, 1.82) is 0 Å². The Labute approximate surface area is 136 Å². The predicted molar refractivity (Wildman–Crippen MR) is 83.0 cm³/mol. The van der Waals surface area contributed by atoms with Crippen LogP contribution < -0.4 is 5.32 Å². The zero-order chi connectivity index (χ0) is 16.9. The number of rotatable bonds is 5. The Morgan fingerprint density at radius 3 is 2.62 bits per heavy atom. The summed E-state index contributed by atoms with van der Waals surface area (Å²) in [6, 6.07) is 11.3. The maximum absolute atomic E-state index is 13.0. The smallest absolute Gasteiger partial charge is 0.227 e. The lowest BCUT2D eigenvalue weighted by atomic mass is 10.2. The normalized spacial score (nSPS) is 10.6. The Hall–Kier alpha value is -3.09. The average molecular weight is 329 g/mol. The van der Waals surface area contributed by atoms with Crippen molar-refractivity contribution in [2.24, 2.45) is 0 Å². The fourth-order valence-corrected chi connectivity index (χ4v) is 2.08. The summed E-state index contributed by atoms with van der Waals surface area (Å²) in [6.45, 7) is 0. The van der Waals surface area contributed by atoms with Crippen molar-refractivity contribution in [2.75, 3.05) is 5.32 Å². The third kappa shape index (κ3) is 4.01. The second kappa shape index (κ2) is 6.99. The van der Waals surface area contributed by atoms with Gasteiger partial charge in [0.25, 0.3) is 0 Å². The van der Waals surface area contributed by atoms with Crippen LogP contribution in [0.2, 0.25) is 0 Å². The van der Waals surface area contributed by atoms with Gasteiger partial charge >= 0.3 is 0 Å². The predicted octanol–water partition coefficient (Wildman–Crippen LogP) is 3.59. The molecule has 0 radical (unpaired) electrons. The molecule has 1 amide bonds. The molecule has 3 rings (SSSR count). The van der Waals surface area contributed by atoms with Crippen LogP contribution in [0.25, 0.3) is 11.4 Å². The van der Waals surface area contributed by atoms with Crippen LogP contribution in [0.4, 0.5) is 14.5 Å². The molecule has 2 aromatic carbocycles. The van der Waals surface area contributed by atoms with Crippen LogP contribution in [0.3, 0.4) is 0 Å². The maximum Gasteiger partial charge on any atom is 0.227 e. The minimum Gasteiger partial charge on any atom is -0.339 e. The number of carbonyl (C=O) groups is 1. The molecule has 5 nitrogen and oxygen atoms in total. The molecule has 1 heterocycles. The van der Waals surface area contributed by atoms with Gasteiger partial charge in [-0.15, -0.1) is 0 Å². The summed E-state index contributed by atoms with van der Waals surface area (Å²) in [5.41, 5.74) is 1.01. The van der Waals surface area contributed by atoms with Crippen molar-refractivity contribution < 1.29 is 18.1 Å². The van der Waals surface area contributed by atoms with Gasteiger partial charge in [-0.05, 0) is 42.5 Å². The van der Waals surface area contributed by atoms with E-state index in [-0.39, 0.29) is 24.6 Å². The number of carbonyl (C=O) groups excluding carboxylic acids is 1. The number of aryl methyl sites for hydroxylation is 1. The third-order valence-electron chi connectivity index (χ3n) is 3.24. The maximum atomic E-state index is 13.0. The molecule has 0 aliphatic rings. The lowest BCUT2D eigenvalue weighted by Gasteiger charge is -2.03. The van der Waals surface area contributed by atoms with Crippen LogP contribution in [0.5, 0.6) is 0 Å². The van der Waals surface area contributed by atoms with E-state index >= 15 is 0 Å². The van der Waals surface area contributed by atoms with Crippen molar-refractivity contribution in [3.05, 3.63) is 66.1 Å². The van der Waals surface area contributed by atoms with Gasteiger partial charge in [0, 0.05) is 24.1 Å². The van der Waals surface area contributed by atoms with Gasteiger partial charge in [-0.2, -0.15) is 4.98 Å². The molecule has 0 atom stereocenters. The van der Waals surface area contributed by atoms with Crippen molar-refractivity contribution in [3.63, 3.8) is 0 Å². The van der Waals surface area contributed by atoms with Crippen LogP contribution >= 0.6 is 0 Å². The van der Waals surface area contributed by atoms with E-state index in [4.69, 9.17) is 4.52 Å². The number of aromatic nitrogens is 2. The second-order valence-corrected chi connectivity index (χ2v) is 5.08. The molecule has 7 heteroatoms. The lowest BCUT2D eigenvalue weighted by Crippen LogP contribution is -2.12. The van der Waals surface area contributed by atoms with Crippen LogP contribution in [-0.4, -0.2) is 16.0 Å². The molecule has 1 N–H and O–H groups in total. The van der Waals surface area contributed by atoms with E-state index in [1.165, 1.54) is 30.3 Å². The number of hydrogen-bond donors (Lipinski definition) is 1. The highest BCUT2D eigenvalue weighted by molar-refractivity contribution is 5.90. The van der Waals surface area contributed by atoms with Gasteiger partial charge in [0.2, 0.25) is 17.6 Å². The number of hydrogen-bond acceptors (Lipinski definition) is 4. The largest absolute Gasteiger partial charge is 0.339 e. The van der Waals surface area contributed by atoms with E-state index in [0.717, 1.165) is 0 Å². The van der Waals surface area contributed by atoms with Crippen LogP contribution in [0, 0.1) is 11.6 Å². The molecule has 0 bridgehead atoms. The summed E-state index contributed by atoms with van der Waals surface area (Å²) in [6.07, 6.45) is 0.358. The summed E-state index contributed by atoms with van der Waals surface area (Å²) in [4.78, 5) is 16.0. The number of benzene rings is 2. The average Bonchev–Trinajstić information content (AvgIpc) is 3.03. The first kappa shape index (κ1) is 15.8. The van der Waals surface area contributed by atoms with Crippen molar-refractivity contribution in [1.82, 2.24) is 10.1 Å². The van der Waals surface area contributed by atoms with Crippen LogP contribution in [-0.2, 0) is 11.2 Å². The summed E-state index contributed by atoms with van der Waals surface area (Å²) >= 11 is 0. The topological polar surface area (TPSA) is 68.0 Å². The van der Waals surface area contributed by atoms with Gasteiger partial charge in [0.05, 0.1) is 0 Å². The first-order chi connectivity index (χ1) is 11.6. The summed E-state index contributed by atoms with van der Waals surface area (Å²) in [7, 11) is 0. The standard InChI is InChI=1S/C17H13F2N3O2/c18-12-6-4-11(5-7-12)17-21-16(24-22-17)9-8-15(23)20-14-3-1-2-13(19)10-14/h1-7,10H,8-9H2,(H,20,23). The molecule has 0 aliphatic heterocycles. The molecule has 0 saturated heterocycles. The molecule has 24 heavy (non-hydrogen) atoms. The van der Waals surface area contributed by atoms with Gasteiger partial charge in [-0.25, -0.2) is 8.78 Å². The molecule has 1 aromatic heterocycles. The van der Waals surface area contributed by atoms with Crippen LogP contribution in [0.15, 0.2) is 53.1 Å². The molecule has 3 aromatic rings. The Morgan fingerprint density at radius 2 is 1.88 bits per heavy atom. The van der Waals surface area contributed by atoms with Crippen molar-refractivity contribution in [2.45, 2.75) is 12.8 Å². The van der Waals surface area contributed by atoms with Crippen molar-refractivity contribution >= 4 is 11.6 Å². The Kier molecular flexibility index (Phi) is 4.60. The van der Waals surface area contributed by atoms with E-state index in [0.29, 0.717) is 23.0 Å². The highest BCUT2D eigenvalue weighted by Crippen LogP contribution is 2.17. The summed E-state index contributed by atoms with van der Waals surface area (Å²) < 4.78 is 31.0. The van der Waals surface area contributed by atoms with Gasteiger partial charge in [0.15, 0.2) is 0 Å². The highest BCUT2D eigenvalue weighted by atomic mass is 19.1. The first-order valence-electron chi connectivity index (χ1n) is 7.24. The zero-order valence-electron chi connectivity index (χ0n) is 12.5. The molecule has 0 aliphatic carbocycles. The Balaban J connectivity index is 1.57. The SMILES string of the molecule is O=C(CCc1nc(-c2ccc(F)cc2)no1)Nc1cccc(F)c1.